The Balaban J connectivity index is 0. The number of hydrogen-bond acceptors (Lipinski definition) is 4. The van der Waals surface area contributed by atoms with Gasteiger partial charge in [-0.2, -0.15) is 0 Å². The first-order valence-corrected chi connectivity index (χ1v) is 9.65. The van der Waals surface area contributed by atoms with Crippen molar-refractivity contribution in [1.82, 2.24) is 0 Å². The van der Waals surface area contributed by atoms with Crippen LogP contribution >= 0.6 is 0 Å². The van der Waals surface area contributed by atoms with Crippen LogP contribution < -0.4 is 29.6 Å². The molecule has 0 unspecified atom stereocenters. The van der Waals surface area contributed by atoms with Crippen molar-refractivity contribution < 1.29 is 49.3 Å². The molecule has 0 bridgehead atoms. The Morgan fingerprint density at radius 1 is 0.750 bits per heavy atom. The van der Waals surface area contributed by atoms with Crippen molar-refractivity contribution >= 4 is 5.97 Å². The van der Waals surface area contributed by atoms with Crippen LogP contribution in [0, 0.1) is 0 Å². The summed E-state index contributed by atoms with van der Waals surface area (Å²) in [7, 11) is 0. The van der Waals surface area contributed by atoms with Gasteiger partial charge in [0.15, 0.2) is 0 Å². The maximum atomic E-state index is 11.4. The Morgan fingerprint density at radius 2 is 1.12 bits per heavy atom. The van der Waals surface area contributed by atoms with Crippen LogP contribution in [0.3, 0.4) is 0 Å². The predicted molar refractivity (Wildman–Crippen MR) is 94.4 cm³/mol. The fraction of sp³-hybridized carbons (Fsp3) is 0.947. The molecule has 0 saturated heterocycles. The molecule has 0 fully saturated rings. The summed E-state index contributed by atoms with van der Waals surface area (Å²) >= 11 is 0. The van der Waals surface area contributed by atoms with Gasteiger partial charge in [0.2, 0.25) is 0 Å². The summed E-state index contributed by atoms with van der Waals surface area (Å²) in [5.74, 6) is -0.318. The maximum absolute atomic E-state index is 11.4. The van der Waals surface area contributed by atoms with Crippen molar-refractivity contribution in [3.8, 4) is 0 Å². The molecule has 0 heterocycles. The van der Waals surface area contributed by atoms with Gasteiger partial charge in [0, 0.05) is 6.42 Å². The number of carbonyl (C=O) groups excluding carboxylic acids is 1. The van der Waals surface area contributed by atoms with E-state index in [2.05, 4.69) is 6.92 Å². The summed E-state index contributed by atoms with van der Waals surface area (Å²) in [6, 6.07) is 0. The van der Waals surface area contributed by atoms with E-state index < -0.39 is 6.10 Å². The van der Waals surface area contributed by atoms with Crippen LogP contribution in [0.25, 0.3) is 0 Å². The first-order valence-electron chi connectivity index (χ1n) is 9.65. The second kappa shape index (κ2) is 21.4. The summed E-state index contributed by atoms with van der Waals surface area (Å²) in [6.07, 6.45) is 16.2. The number of esters is 1. The number of aliphatic hydroxyl groups is 2. The van der Waals surface area contributed by atoms with Crippen LogP contribution in [0.1, 0.15) is 96.8 Å². The molecule has 5 heteroatoms. The van der Waals surface area contributed by atoms with Gasteiger partial charge in [-0.1, -0.05) is 84.0 Å². The average Bonchev–Trinajstić information content (AvgIpc) is 2.56. The quantitative estimate of drug-likeness (QED) is 0.235. The van der Waals surface area contributed by atoms with E-state index in [9.17, 15) is 4.79 Å². The molecule has 0 saturated carbocycles. The zero-order chi connectivity index (χ0) is 17.2. The van der Waals surface area contributed by atoms with Crippen molar-refractivity contribution in [1.29, 1.82) is 0 Å². The predicted octanol–water partition coefficient (Wildman–Crippen LogP) is 1.37. The molecule has 0 rings (SSSR count). The standard InChI is InChI=1S/C19H38O4.Na/c1-2-3-4-5-6-7-8-9-10-11-12-13-14-15-19(22)23-18(16-20)17-21;/h18,20-21H,2-17H2,1H3;/q;+1. The minimum absolute atomic E-state index is 0. The second-order valence-electron chi connectivity index (χ2n) is 6.47. The van der Waals surface area contributed by atoms with E-state index in [1.165, 1.54) is 70.6 Å². The minimum Gasteiger partial charge on any atom is -0.457 e. The van der Waals surface area contributed by atoms with E-state index in [-0.39, 0.29) is 48.7 Å². The molecule has 0 aliphatic heterocycles. The number of aliphatic hydroxyl groups excluding tert-OH is 2. The molecule has 0 spiro atoms. The van der Waals surface area contributed by atoms with Crippen LogP contribution in [0.4, 0.5) is 0 Å². The van der Waals surface area contributed by atoms with Gasteiger partial charge in [-0.25, -0.2) is 0 Å². The maximum Gasteiger partial charge on any atom is 1.00 e. The summed E-state index contributed by atoms with van der Waals surface area (Å²) in [5, 5.41) is 17.6. The van der Waals surface area contributed by atoms with Crippen molar-refractivity contribution in [2.75, 3.05) is 13.2 Å². The van der Waals surface area contributed by atoms with E-state index in [1.54, 1.807) is 0 Å². The van der Waals surface area contributed by atoms with E-state index in [0.29, 0.717) is 6.42 Å². The number of carbonyl (C=O) groups is 1. The van der Waals surface area contributed by atoms with Gasteiger partial charge < -0.3 is 14.9 Å². The van der Waals surface area contributed by atoms with Crippen LogP contribution in [0.5, 0.6) is 0 Å². The molecule has 4 nitrogen and oxygen atoms in total. The smallest absolute Gasteiger partial charge is 0.457 e. The van der Waals surface area contributed by atoms with E-state index >= 15 is 0 Å². The first kappa shape index (κ1) is 26.6. The molecule has 2 N–H and O–H groups in total. The Bertz CT molecular complexity index is 258. The van der Waals surface area contributed by atoms with Gasteiger partial charge in [-0.05, 0) is 6.42 Å². The molecule has 0 atom stereocenters. The van der Waals surface area contributed by atoms with Gasteiger partial charge in [0.25, 0.3) is 0 Å². The van der Waals surface area contributed by atoms with Crippen LogP contribution in [0.15, 0.2) is 0 Å². The number of rotatable bonds is 17. The third-order valence-corrected chi connectivity index (χ3v) is 4.19. The van der Waals surface area contributed by atoms with Crippen molar-refractivity contribution in [2.45, 2.75) is 103 Å². The fourth-order valence-corrected chi connectivity index (χ4v) is 2.66. The molecule has 0 aromatic rings. The molecule has 0 aliphatic carbocycles. The Labute approximate surface area is 171 Å². The summed E-state index contributed by atoms with van der Waals surface area (Å²) in [5.41, 5.74) is 0. The second-order valence-corrected chi connectivity index (χ2v) is 6.47. The van der Waals surface area contributed by atoms with Gasteiger partial charge in [0.05, 0.1) is 13.2 Å². The number of ether oxygens (including phenoxy) is 1. The third kappa shape index (κ3) is 18.7. The fourth-order valence-electron chi connectivity index (χ4n) is 2.66. The average molecular weight is 353 g/mol. The van der Waals surface area contributed by atoms with Gasteiger partial charge in [-0.15, -0.1) is 0 Å². The van der Waals surface area contributed by atoms with Gasteiger partial charge in [-0.3, -0.25) is 4.79 Å². The molecular formula is C19H38NaO4+. The summed E-state index contributed by atoms with van der Waals surface area (Å²) in [4.78, 5) is 11.4. The zero-order valence-corrected chi connectivity index (χ0v) is 18.1. The van der Waals surface area contributed by atoms with E-state index in [1.807, 2.05) is 0 Å². The van der Waals surface area contributed by atoms with E-state index in [4.69, 9.17) is 14.9 Å². The largest absolute Gasteiger partial charge is 1.00 e. The molecule has 0 aliphatic rings. The normalized spacial score (nSPS) is 10.7. The Hall–Kier alpha value is 0.390. The third-order valence-electron chi connectivity index (χ3n) is 4.19. The SMILES string of the molecule is CCCCCCCCCCCCCCCC(=O)OC(CO)CO.[Na+]. The number of unbranched alkanes of at least 4 members (excludes halogenated alkanes) is 12. The zero-order valence-electron chi connectivity index (χ0n) is 16.1. The Morgan fingerprint density at radius 3 is 1.50 bits per heavy atom. The molecule has 24 heavy (non-hydrogen) atoms. The molecule has 0 amide bonds. The summed E-state index contributed by atoms with van der Waals surface area (Å²) in [6.45, 7) is 1.62. The van der Waals surface area contributed by atoms with Crippen molar-refractivity contribution in [2.24, 2.45) is 0 Å². The summed E-state index contributed by atoms with van der Waals surface area (Å²) < 4.78 is 4.92. The first-order chi connectivity index (χ1) is 11.2. The monoisotopic (exact) mass is 353 g/mol. The topological polar surface area (TPSA) is 66.8 Å². The number of hydrogen-bond donors (Lipinski definition) is 2. The molecule has 138 valence electrons. The van der Waals surface area contributed by atoms with Gasteiger partial charge >= 0.3 is 35.5 Å². The van der Waals surface area contributed by atoms with Crippen LogP contribution in [-0.4, -0.2) is 35.5 Å². The van der Waals surface area contributed by atoms with Gasteiger partial charge in [0.1, 0.15) is 6.10 Å². The Kier molecular flexibility index (Phi) is 23.8. The molecule has 0 aromatic heterocycles. The molecule has 0 radical (unpaired) electrons. The van der Waals surface area contributed by atoms with Crippen LogP contribution in [-0.2, 0) is 9.53 Å². The molecule has 0 aromatic carbocycles. The minimum atomic E-state index is -0.760. The molecular weight excluding hydrogens is 315 g/mol. The van der Waals surface area contributed by atoms with E-state index in [0.717, 1.165) is 12.8 Å². The van der Waals surface area contributed by atoms with Crippen molar-refractivity contribution in [3.63, 3.8) is 0 Å². The van der Waals surface area contributed by atoms with Crippen LogP contribution in [0.2, 0.25) is 0 Å². The van der Waals surface area contributed by atoms with Crippen molar-refractivity contribution in [3.05, 3.63) is 0 Å².